The molecular formula is C13H23NO2. The fraction of sp³-hybridized carbons (Fsp3) is 0.462. The molecule has 0 spiro atoms. The van der Waals surface area contributed by atoms with Gasteiger partial charge >= 0.3 is 0 Å². The van der Waals surface area contributed by atoms with Crippen LogP contribution in [0.3, 0.4) is 0 Å². The molecule has 3 heteroatoms. The van der Waals surface area contributed by atoms with Crippen LogP contribution in [0.1, 0.15) is 25.0 Å². The van der Waals surface area contributed by atoms with Gasteiger partial charge in [0.2, 0.25) is 0 Å². The first-order chi connectivity index (χ1) is 7.74. The molecule has 0 heterocycles. The normalized spacial score (nSPS) is 7.81. The molecule has 16 heavy (non-hydrogen) atoms. The number of hydrogen-bond acceptors (Lipinski definition) is 3. The molecule has 0 aliphatic rings. The van der Waals surface area contributed by atoms with Crippen LogP contribution in [-0.4, -0.2) is 20.6 Å². The van der Waals surface area contributed by atoms with Crippen LogP contribution in [0.4, 0.5) is 0 Å². The second kappa shape index (κ2) is 13.7. The van der Waals surface area contributed by atoms with Gasteiger partial charge in [-0.05, 0) is 26.6 Å². The predicted molar refractivity (Wildman–Crippen MR) is 68.4 cm³/mol. The molecule has 1 aromatic rings. The molecule has 0 aliphatic heterocycles. The minimum absolute atomic E-state index is 0.366. The number of ether oxygens (including phenoxy) is 1. The third kappa shape index (κ3) is 10.7. The molecule has 0 atom stereocenters. The molecule has 0 aliphatic carbocycles. The van der Waals surface area contributed by atoms with Crippen molar-refractivity contribution in [3.8, 4) is 0 Å². The van der Waals surface area contributed by atoms with Crippen LogP contribution in [0.2, 0.25) is 0 Å². The first-order valence-electron chi connectivity index (χ1n) is 5.44. The molecule has 0 saturated heterocycles. The third-order valence-corrected chi connectivity index (χ3v) is 1.40. The van der Waals surface area contributed by atoms with Crippen molar-refractivity contribution >= 4 is 6.47 Å². The number of carbonyl (C=O) groups excluding carboxylic acids is 1. The fourth-order valence-corrected chi connectivity index (χ4v) is 0.932. The minimum atomic E-state index is 0.366. The van der Waals surface area contributed by atoms with Crippen molar-refractivity contribution in [3.05, 3.63) is 35.4 Å². The van der Waals surface area contributed by atoms with Crippen molar-refractivity contribution in [3.63, 3.8) is 0 Å². The summed E-state index contributed by atoms with van der Waals surface area (Å²) in [6.45, 7) is 6.83. The summed E-state index contributed by atoms with van der Waals surface area (Å²) in [5, 5.41) is 2.75. The lowest BCUT2D eigenvalue weighted by Gasteiger charge is -1.99. The third-order valence-electron chi connectivity index (χ3n) is 1.40. The average Bonchev–Trinajstić information content (AvgIpc) is 2.30. The molecule has 3 nitrogen and oxygen atoms in total. The van der Waals surface area contributed by atoms with Gasteiger partial charge in [-0.25, -0.2) is 0 Å². The van der Waals surface area contributed by atoms with E-state index in [1.54, 1.807) is 0 Å². The Bertz CT molecular complexity index is 262. The summed E-state index contributed by atoms with van der Waals surface area (Å²) in [7, 11) is 3.75. The summed E-state index contributed by atoms with van der Waals surface area (Å²) in [5.41, 5.74) is 2.20. The van der Waals surface area contributed by atoms with Gasteiger partial charge in [-0.15, -0.1) is 0 Å². The van der Waals surface area contributed by atoms with Gasteiger partial charge in [0.1, 0.15) is 6.61 Å². The zero-order chi connectivity index (χ0) is 12.8. The number of carbonyl (C=O) groups is 1. The zero-order valence-corrected chi connectivity index (χ0v) is 10.9. The van der Waals surface area contributed by atoms with Crippen molar-refractivity contribution in [1.29, 1.82) is 0 Å². The first kappa shape index (κ1) is 17.1. The summed E-state index contributed by atoms with van der Waals surface area (Å²) in [6.07, 6.45) is 0. The van der Waals surface area contributed by atoms with Gasteiger partial charge in [-0.3, -0.25) is 4.79 Å². The highest BCUT2D eigenvalue weighted by Gasteiger charge is 1.91. The molecule has 0 fully saturated rings. The van der Waals surface area contributed by atoms with Gasteiger partial charge in [0.05, 0.1) is 0 Å². The molecule has 0 bridgehead atoms. The molecule has 1 aromatic carbocycles. The van der Waals surface area contributed by atoms with E-state index in [4.69, 9.17) is 0 Å². The van der Waals surface area contributed by atoms with Crippen LogP contribution < -0.4 is 5.32 Å². The Morgan fingerprint density at radius 3 is 2.31 bits per heavy atom. The van der Waals surface area contributed by atoms with Crippen LogP contribution in [0.25, 0.3) is 0 Å². The Morgan fingerprint density at radius 2 is 1.88 bits per heavy atom. The van der Waals surface area contributed by atoms with Crippen LogP contribution in [-0.2, 0) is 16.1 Å². The Balaban J connectivity index is 0. The Morgan fingerprint density at radius 1 is 1.31 bits per heavy atom. The quantitative estimate of drug-likeness (QED) is 0.803. The lowest BCUT2D eigenvalue weighted by atomic mass is 10.1. The highest BCUT2D eigenvalue weighted by Crippen LogP contribution is 2.04. The van der Waals surface area contributed by atoms with E-state index in [1.807, 2.05) is 59.1 Å². The summed E-state index contributed by atoms with van der Waals surface area (Å²) >= 11 is 0. The maximum absolute atomic E-state index is 9.84. The molecular weight excluding hydrogens is 202 g/mol. The largest absolute Gasteiger partial charge is 0.463 e. The van der Waals surface area contributed by atoms with E-state index in [0.717, 1.165) is 5.56 Å². The molecule has 0 aromatic heterocycles. The number of hydrogen-bond donors (Lipinski definition) is 1. The number of rotatable bonds is 3. The van der Waals surface area contributed by atoms with Gasteiger partial charge in [0.25, 0.3) is 6.47 Å². The highest BCUT2D eigenvalue weighted by atomic mass is 16.5. The average molecular weight is 225 g/mol. The minimum Gasteiger partial charge on any atom is -0.463 e. The van der Waals surface area contributed by atoms with Crippen molar-refractivity contribution in [2.45, 2.75) is 27.4 Å². The van der Waals surface area contributed by atoms with Crippen LogP contribution in [0, 0.1) is 6.92 Å². The number of aryl methyl sites for hydroxylation is 1. The summed E-state index contributed by atoms with van der Waals surface area (Å²) in [5.74, 6) is 0. The lowest BCUT2D eigenvalue weighted by molar-refractivity contribution is -0.129. The van der Waals surface area contributed by atoms with Crippen LogP contribution in [0.15, 0.2) is 24.3 Å². The van der Waals surface area contributed by atoms with E-state index in [1.165, 1.54) is 5.56 Å². The van der Waals surface area contributed by atoms with E-state index in [-0.39, 0.29) is 0 Å². The van der Waals surface area contributed by atoms with Crippen molar-refractivity contribution in [2.75, 3.05) is 14.1 Å². The predicted octanol–water partition coefficient (Wildman–Crippen LogP) is 2.53. The van der Waals surface area contributed by atoms with E-state index in [0.29, 0.717) is 13.1 Å². The SMILES string of the molecule is CC.CNC.Cc1cccc(COC=O)c1. The van der Waals surface area contributed by atoms with Crippen molar-refractivity contribution in [1.82, 2.24) is 5.32 Å². The molecule has 1 N–H and O–H groups in total. The van der Waals surface area contributed by atoms with E-state index < -0.39 is 0 Å². The summed E-state index contributed by atoms with van der Waals surface area (Å²) in [4.78, 5) is 9.84. The maximum atomic E-state index is 9.84. The number of nitrogens with one attached hydrogen (secondary N) is 1. The van der Waals surface area contributed by atoms with E-state index in [9.17, 15) is 4.79 Å². The van der Waals surface area contributed by atoms with E-state index in [2.05, 4.69) is 10.1 Å². The first-order valence-corrected chi connectivity index (χ1v) is 5.44. The molecule has 1 rings (SSSR count). The molecule has 0 radical (unpaired) electrons. The lowest BCUT2D eigenvalue weighted by Crippen LogP contribution is -1.89. The van der Waals surface area contributed by atoms with Gasteiger partial charge in [0.15, 0.2) is 0 Å². The van der Waals surface area contributed by atoms with Gasteiger partial charge < -0.3 is 10.1 Å². The topological polar surface area (TPSA) is 38.3 Å². The van der Waals surface area contributed by atoms with E-state index >= 15 is 0 Å². The Kier molecular flexibility index (Phi) is 14.6. The molecule has 0 saturated carbocycles. The van der Waals surface area contributed by atoms with Crippen molar-refractivity contribution < 1.29 is 9.53 Å². The van der Waals surface area contributed by atoms with Crippen LogP contribution >= 0.6 is 0 Å². The highest BCUT2D eigenvalue weighted by molar-refractivity contribution is 5.37. The monoisotopic (exact) mass is 225 g/mol. The molecule has 0 amide bonds. The van der Waals surface area contributed by atoms with Gasteiger partial charge in [-0.1, -0.05) is 43.7 Å². The Labute approximate surface area is 98.8 Å². The van der Waals surface area contributed by atoms with Crippen molar-refractivity contribution in [2.24, 2.45) is 0 Å². The maximum Gasteiger partial charge on any atom is 0.293 e. The molecule has 0 unspecified atom stereocenters. The smallest absolute Gasteiger partial charge is 0.293 e. The fourth-order valence-electron chi connectivity index (χ4n) is 0.932. The van der Waals surface area contributed by atoms with Gasteiger partial charge in [0, 0.05) is 0 Å². The standard InChI is InChI=1S/C9H10O2.C2H7N.C2H6/c1-8-3-2-4-9(5-8)6-11-7-10;1-3-2;1-2/h2-5,7H,6H2,1H3;3H,1-2H3;1-2H3. The second-order valence-electron chi connectivity index (χ2n) is 2.90. The summed E-state index contributed by atoms with van der Waals surface area (Å²) in [6, 6.07) is 7.86. The zero-order valence-electron chi connectivity index (χ0n) is 10.9. The van der Waals surface area contributed by atoms with Gasteiger partial charge in [-0.2, -0.15) is 0 Å². The second-order valence-corrected chi connectivity index (χ2v) is 2.90. The van der Waals surface area contributed by atoms with Crippen LogP contribution in [0.5, 0.6) is 0 Å². The molecule has 92 valence electrons. The Hall–Kier alpha value is -1.35. The number of benzene rings is 1. The summed E-state index contributed by atoms with van der Waals surface area (Å²) < 4.78 is 4.59.